The fraction of sp³-hybridized carbons (Fsp3) is 0.538. The predicted octanol–water partition coefficient (Wildman–Crippen LogP) is 2.45. The Morgan fingerprint density at radius 2 is 2.11 bits per heavy atom. The van der Waals surface area contributed by atoms with Gasteiger partial charge in [0.05, 0.1) is 4.92 Å². The molecule has 5 nitrogen and oxygen atoms in total. The summed E-state index contributed by atoms with van der Waals surface area (Å²) in [6.07, 6.45) is 1.92. The number of benzene rings is 1. The Morgan fingerprint density at radius 3 is 2.68 bits per heavy atom. The fourth-order valence-electron chi connectivity index (χ4n) is 2.36. The number of hydrogen-bond acceptors (Lipinski definition) is 4. The molecule has 0 spiro atoms. The van der Waals surface area contributed by atoms with E-state index in [-0.39, 0.29) is 12.3 Å². The van der Waals surface area contributed by atoms with Crippen molar-refractivity contribution < 1.29 is 10.0 Å². The number of aliphatic hydroxyl groups is 1. The van der Waals surface area contributed by atoms with Crippen molar-refractivity contribution in [1.82, 2.24) is 4.90 Å². The number of nitrogens with zero attached hydrogens (tertiary/aromatic N) is 2. The standard InChI is InChI=1S/C13H17ClN2O3/c14-13-2-1-12(16(18)19)7-11(13)8-15-5-3-10(9-17)4-6-15/h1-2,7,10,17H,3-6,8-9H2. The summed E-state index contributed by atoms with van der Waals surface area (Å²) in [6, 6.07) is 4.54. The Labute approximate surface area is 116 Å². The molecule has 1 heterocycles. The van der Waals surface area contributed by atoms with Gasteiger partial charge in [0.1, 0.15) is 0 Å². The maximum atomic E-state index is 10.8. The number of rotatable bonds is 4. The molecule has 1 aliphatic rings. The van der Waals surface area contributed by atoms with E-state index in [0.29, 0.717) is 17.5 Å². The van der Waals surface area contributed by atoms with E-state index in [1.165, 1.54) is 6.07 Å². The van der Waals surface area contributed by atoms with Crippen LogP contribution >= 0.6 is 11.6 Å². The molecule has 0 amide bonds. The zero-order chi connectivity index (χ0) is 13.8. The Balaban J connectivity index is 2.03. The average Bonchev–Trinajstić information content (AvgIpc) is 2.42. The number of hydrogen-bond donors (Lipinski definition) is 1. The highest BCUT2D eigenvalue weighted by Gasteiger charge is 2.20. The van der Waals surface area contributed by atoms with Gasteiger partial charge in [-0.1, -0.05) is 11.6 Å². The zero-order valence-electron chi connectivity index (χ0n) is 10.6. The van der Waals surface area contributed by atoms with Gasteiger partial charge in [-0.3, -0.25) is 15.0 Å². The van der Waals surface area contributed by atoms with E-state index in [0.717, 1.165) is 31.5 Å². The number of nitro benzene ring substituents is 1. The van der Waals surface area contributed by atoms with Crippen LogP contribution in [-0.2, 0) is 6.54 Å². The van der Waals surface area contributed by atoms with E-state index < -0.39 is 4.92 Å². The van der Waals surface area contributed by atoms with Crippen LogP contribution in [0.1, 0.15) is 18.4 Å². The number of nitro groups is 1. The Kier molecular flexibility index (Phi) is 4.74. The van der Waals surface area contributed by atoms with Crippen LogP contribution in [0.4, 0.5) is 5.69 Å². The first kappa shape index (κ1) is 14.2. The second-order valence-electron chi connectivity index (χ2n) is 4.93. The molecule has 0 radical (unpaired) electrons. The van der Waals surface area contributed by atoms with Crippen LogP contribution in [0.25, 0.3) is 0 Å². The summed E-state index contributed by atoms with van der Waals surface area (Å²) in [7, 11) is 0. The smallest absolute Gasteiger partial charge is 0.269 e. The minimum atomic E-state index is -0.405. The summed E-state index contributed by atoms with van der Waals surface area (Å²) in [5.41, 5.74) is 0.864. The van der Waals surface area contributed by atoms with E-state index in [9.17, 15) is 10.1 Å². The third-order valence-electron chi connectivity index (χ3n) is 3.60. The highest BCUT2D eigenvalue weighted by molar-refractivity contribution is 6.31. The summed E-state index contributed by atoms with van der Waals surface area (Å²) >= 11 is 6.09. The van der Waals surface area contributed by atoms with Crippen LogP contribution in [0.3, 0.4) is 0 Å². The van der Waals surface area contributed by atoms with Gasteiger partial charge in [0.15, 0.2) is 0 Å². The number of halogens is 1. The van der Waals surface area contributed by atoms with Crippen molar-refractivity contribution in [3.63, 3.8) is 0 Å². The molecule has 1 aromatic carbocycles. The first-order valence-corrected chi connectivity index (χ1v) is 6.74. The van der Waals surface area contributed by atoms with Crippen LogP contribution in [0.5, 0.6) is 0 Å². The lowest BCUT2D eigenvalue weighted by Gasteiger charge is -2.31. The van der Waals surface area contributed by atoms with Gasteiger partial charge in [0.2, 0.25) is 0 Å². The van der Waals surface area contributed by atoms with Gasteiger partial charge >= 0.3 is 0 Å². The van der Waals surface area contributed by atoms with Crippen LogP contribution < -0.4 is 0 Å². The van der Waals surface area contributed by atoms with Gasteiger partial charge in [-0.25, -0.2) is 0 Å². The van der Waals surface area contributed by atoms with Crippen molar-refractivity contribution in [2.24, 2.45) is 5.92 Å². The SMILES string of the molecule is O=[N+]([O-])c1ccc(Cl)c(CN2CCC(CO)CC2)c1. The van der Waals surface area contributed by atoms with Gasteiger partial charge in [0.25, 0.3) is 5.69 Å². The lowest BCUT2D eigenvalue weighted by molar-refractivity contribution is -0.384. The number of aliphatic hydroxyl groups excluding tert-OH is 1. The quantitative estimate of drug-likeness (QED) is 0.681. The first-order valence-electron chi connectivity index (χ1n) is 6.36. The maximum absolute atomic E-state index is 10.8. The average molecular weight is 285 g/mol. The normalized spacial score (nSPS) is 17.6. The van der Waals surface area contributed by atoms with Gasteiger partial charge in [-0.2, -0.15) is 0 Å². The van der Waals surface area contributed by atoms with Crippen molar-refractivity contribution in [2.45, 2.75) is 19.4 Å². The van der Waals surface area contributed by atoms with Gasteiger partial charge in [-0.15, -0.1) is 0 Å². The lowest BCUT2D eigenvalue weighted by atomic mass is 9.97. The Morgan fingerprint density at radius 1 is 1.42 bits per heavy atom. The predicted molar refractivity (Wildman–Crippen MR) is 73.2 cm³/mol. The largest absolute Gasteiger partial charge is 0.396 e. The molecule has 1 aliphatic heterocycles. The van der Waals surface area contributed by atoms with Crippen LogP contribution in [0.2, 0.25) is 5.02 Å². The second-order valence-corrected chi connectivity index (χ2v) is 5.34. The molecule has 0 unspecified atom stereocenters. The van der Waals surface area contributed by atoms with Crippen molar-refractivity contribution in [3.05, 3.63) is 38.9 Å². The van der Waals surface area contributed by atoms with E-state index in [1.54, 1.807) is 12.1 Å². The van der Waals surface area contributed by atoms with Crippen molar-refractivity contribution in [2.75, 3.05) is 19.7 Å². The molecule has 19 heavy (non-hydrogen) atoms. The molecule has 1 N–H and O–H groups in total. The number of piperidine rings is 1. The summed E-state index contributed by atoms with van der Waals surface area (Å²) in [6.45, 7) is 2.65. The summed E-state index contributed by atoms with van der Waals surface area (Å²) in [5, 5.41) is 20.4. The molecule has 1 aromatic rings. The first-order chi connectivity index (χ1) is 9.10. The van der Waals surface area contributed by atoms with Crippen LogP contribution in [0, 0.1) is 16.0 Å². The summed E-state index contributed by atoms with van der Waals surface area (Å²) in [5.74, 6) is 0.386. The fourth-order valence-corrected chi connectivity index (χ4v) is 2.54. The molecule has 0 saturated carbocycles. The van der Waals surface area contributed by atoms with Crippen LogP contribution in [0.15, 0.2) is 18.2 Å². The van der Waals surface area contributed by atoms with E-state index in [2.05, 4.69) is 4.90 Å². The van der Waals surface area contributed by atoms with E-state index >= 15 is 0 Å². The van der Waals surface area contributed by atoms with Gasteiger partial charge in [0, 0.05) is 30.3 Å². The zero-order valence-corrected chi connectivity index (χ0v) is 11.3. The molecular weight excluding hydrogens is 268 g/mol. The van der Waals surface area contributed by atoms with Crippen molar-refractivity contribution in [1.29, 1.82) is 0 Å². The molecule has 6 heteroatoms. The van der Waals surface area contributed by atoms with Gasteiger partial charge < -0.3 is 5.11 Å². The van der Waals surface area contributed by atoms with Crippen molar-refractivity contribution >= 4 is 17.3 Å². The van der Waals surface area contributed by atoms with Gasteiger partial charge in [-0.05, 0) is 43.5 Å². The molecule has 1 saturated heterocycles. The van der Waals surface area contributed by atoms with E-state index in [1.807, 2.05) is 0 Å². The third kappa shape index (κ3) is 3.65. The molecular formula is C13H17ClN2O3. The summed E-state index contributed by atoms with van der Waals surface area (Å²) in [4.78, 5) is 12.6. The highest BCUT2D eigenvalue weighted by atomic mass is 35.5. The maximum Gasteiger partial charge on any atom is 0.269 e. The minimum Gasteiger partial charge on any atom is -0.396 e. The molecule has 0 bridgehead atoms. The second kappa shape index (κ2) is 6.32. The minimum absolute atomic E-state index is 0.0737. The number of non-ortho nitro benzene ring substituents is 1. The summed E-state index contributed by atoms with van der Waals surface area (Å²) < 4.78 is 0. The monoisotopic (exact) mass is 284 g/mol. The molecule has 0 atom stereocenters. The lowest BCUT2D eigenvalue weighted by Crippen LogP contribution is -2.34. The Bertz CT molecular complexity index is 459. The molecule has 104 valence electrons. The highest BCUT2D eigenvalue weighted by Crippen LogP contribution is 2.25. The molecule has 2 rings (SSSR count). The Hall–Kier alpha value is -1.17. The van der Waals surface area contributed by atoms with Crippen LogP contribution in [-0.4, -0.2) is 34.6 Å². The molecule has 1 fully saturated rings. The third-order valence-corrected chi connectivity index (χ3v) is 3.97. The molecule has 0 aromatic heterocycles. The number of likely N-dealkylation sites (tertiary alicyclic amines) is 1. The molecule has 0 aliphatic carbocycles. The van der Waals surface area contributed by atoms with Crippen molar-refractivity contribution in [3.8, 4) is 0 Å². The topological polar surface area (TPSA) is 66.6 Å². The van der Waals surface area contributed by atoms with E-state index in [4.69, 9.17) is 16.7 Å².